The first-order valence-corrected chi connectivity index (χ1v) is 10.2. The number of carbonyl (C=O) groups excluding carboxylic acids is 1. The molecule has 1 amide bonds. The lowest BCUT2D eigenvalue weighted by atomic mass is 10.1. The summed E-state index contributed by atoms with van der Waals surface area (Å²) in [4.78, 5) is 13.9. The Balaban J connectivity index is 1.59. The fourth-order valence-corrected chi connectivity index (χ4v) is 4.12. The highest BCUT2D eigenvalue weighted by Gasteiger charge is 2.18. The summed E-state index contributed by atoms with van der Waals surface area (Å²) in [7, 11) is 0. The van der Waals surface area contributed by atoms with Crippen LogP contribution < -0.4 is 5.32 Å². The maximum atomic E-state index is 12.5. The number of thiophene rings is 1. The van der Waals surface area contributed by atoms with Gasteiger partial charge in [0.15, 0.2) is 5.16 Å². The van der Waals surface area contributed by atoms with Crippen molar-refractivity contribution in [3.05, 3.63) is 58.0 Å². The molecule has 0 aliphatic heterocycles. The highest BCUT2D eigenvalue weighted by atomic mass is 32.2. The number of anilines is 1. The van der Waals surface area contributed by atoms with Gasteiger partial charge in [-0.2, -0.15) is 0 Å². The van der Waals surface area contributed by atoms with E-state index in [2.05, 4.69) is 39.1 Å². The lowest BCUT2D eigenvalue weighted by Gasteiger charge is -2.14. The van der Waals surface area contributed by atoms with E-state index < -0.39 is 0 Å². The van der Waals surface area contributed by atoms with E-state index in [0.29, 0.717) is 0 Å². The third kappa shape index (κ3) is 4.74. The number of aryl methyl sites for hydroxylation is 4. The first-order chi connectivity index (χ1) is 12.5. The molecule has 1 unspecified atom stereocenters. The van der Waals surface area contributed by atoms with E-state index in [0.717, 1.165) is 29.4 Å². The Hall–Kier alpha value is -2.12. The quantitative estimate of drug-likeness (QED) is 0.615. The Morgan fingerprint density at radius 2 is 2.19 bits per heavy atom. The number of hydrogen-bond acceptors (Lipinski definition) is 5. The van der Waals surface area contributed by atoms with E-state index in [9.17, 15) is 4.79 Å². The summed E-state index contributed by atoms with van der Waals surface area (Å²) in [6, 6.07) is 10.2. The predicted octanol–water partition coefficient (Wildman–Crippen LogP) is 4.32. The van der Waals surface area contributed by atoms with Crippen molar-refractivity contribution in [2.75, 3.05) is 5.32 Å². The summed E-state index contributed by atoms with van der Waals surface area (Å²) >= 11 is 3.18. The fraction of sp³-hybridized carbons (Fsp3) is 0.316. The van der Waals surface area contributed by atoms with Gasteiger partial charge in [0.1, 0.15) is 6.33 Å². The second-order valence-corrected chi connectivity index (χ2v) is 8.54. The van der Waals surface area contributed by atoms with E-state index in [1.165, 1.54) is 22.2 Å². The highest BCUT2D eigenvalue weighted by molar-refractivity contribution is 8.00. The molecule has 2 heterocycles. The molecule has 1 N–H and O–H groups in total. The van der Waals surface area contributed by atoms with Crippen molar-refractivity contribution in [2.45, 2.75) is 44.1 Å². The SMILES string of the molecule is Cc1ccc(NC(=O)C(C)Sc2nncn2CCc2cccs2)c(C)c1. The van der Waals surface area contributed by atoms with Gasteiger partial charge >= 0.3 is 0 Å². The lowest BCUT2D eigenvalue weighted by molar-refractivity contribution is -0.115. The van der Waals surface area contributed by atoms with Crippen LogP contribution in [0.25, 0.3) is 0 Å². The first kappa shape index (κ1) is 18.7. The monoisotopic (exact) mass is 386 g/mol. The molecule has 136 valence electrons. The number of carbonyl (C=O) groups is 1. The minimum absolute atomic E-state index is 0.0326. The molecule has 26 heavy (non-hydrogen) atoms. The van der Waals surface area contributed by atoms with Gasteiger partial charge in [0.05, 0.1) is 5.25 Å². The van der Waals surface area contributed by atoms with Gasteiger partial charge in [0.25, 0.3) is 0 Å². The first-order valence-electron chi connectivity index (χ1n) is 8.48. The molecule has 0 aliphatic carbocycles. The third-order valence-electron chi connectivity index (χ3n) is 4.05. The number of nitrogens with one attached hydrogen (secondary N) is 1. The number of hydrogen-bond donors (Lipinski definition) is 1. The maximum absolute atomic E-state index is 12.5. The largest absolute Gasteiger partial charge is 0.325 e. The van der Waals surface area contributed by atoms with Gasteiger partial charge in [-0.25, -0.2) is 0 Å². The minimum atomic E-state index is -0.264. The molecule has 3 aromatic rings. The number of amides is 1. The molecule has 3 rings (SSSR count). The van der Waals surface area contributed by atoms with Crippen molar-refractivity contribution >= 4 is 34.7 Å². The molecule has 7 heteroatoms. The number of nitrogens with zero attached hydrogens (tertiary/aromatic N) is 3. The van der Waals surface area contributed by atoms with E-state index in [1.54, 1.807) is 17.7 Å². The Morgan fingerprint density at radius 1 is 1.35 bits per heavy atom. The molecular formula is C19H22N4OS2. The summed E-state index contributed by atoms with van der Waals surface area (Å²) in [6.07, 6.45) is 2.66. The van der Waals surface area contributed by atoms with Crippen molar-refractivity contribution in [1.82, 2.24) is 14.8 Å². The van der Waals surface area contributed by atoms with Gasteiger partial charge < -0.3 is 9.88 Å². The Bertz CT molecular complexity index is 874. The van der Waals surface area contributed by atoms with E-state index in [-0.39, 0.29) is 11.2 Å². The predicted molar refractivity (Wildman–Crippen MR) is 108 cm³/mol. The van der Waals surface area contributed by atoms with Crippen LogP contribution in [0.2, 0.25) is 0 Å². The number of rotatable bonds is 7. The number of thioether (sulfide) groups is 1. The molecular weight excluding hydrogens is 364 g/mol. The van der Waals surface area contributed by atoms with Crippen molar-refractivity contribution in [3.63, 3.8) is 0 Å². The van der Waals surface area contributed by atoms with Crippen LogP contribution in [0.5, 0.6) is 0 Å². The third-order valence-corrected chi connectivity index (χ3v) is 6.08. The summed E-state index contributed by atoms with van der Waals surface area (Å²) in [5, 5.41) is 13.8. The van der Waals surface area contributed by atoms with Crippen molar-refractivity contribution in [2.24, 2.45) is 0 Å². The van der Waals surface area contributed by atoms with Crippen molar-refractivity contribution in [1.29, 1.82) is 0 Å². The summed E-state index contributed by atoms with van der Waals surface area (Å²) < 4.78 is 2.01. The molecule has 1 atom stereocenters. The van der Waals surface area contributed by atoms with Gasteiger partial charge in [-0.3, -0.25) is 4.79 Å². The molecule has 0 radical (unpaired) electrons. The molecule has 0 saturated carbocycles. The van der Waals surface area contributed by atoms with Gasteiger partial charge in [-0.1, -0.05) is 35.5 Å². The van der Waals surface area contributed by atoms with Crippen LogP contribution in [-0.2, 0) is 17.8 Å². The molecule has 1 aromatic carbocycles. The Kier molecular flexibility index (Phi) is 6.11. The molecule has 5 nitrogen and oxygen atoms in total. The molecule has 2 aromatic heterocycles. The average Bonchev–Trinajstić information content (AvgIpc) is 3.27. The molecule has 0 saturated heterocycles. The second-order valence-electron chi connectivity index (χ2n) is 6.20. The lowest BCUT2D eigenvalue weighted by Crippen LogP contribution is -2.23. The van der Waals surface area contributed by atoms with Crippen molar-refractivity contribution < 1.29 is 4.79 Å². The summed E-state index contributed by atoms with van der Waals surface area (Å²) in [6.45, 7) is 6.74. The molecule has 0 bridgehead atoms. The van der Waals surface area contributed by atoms with Crippen LogP contribution in [0, 0.1) is 13.8 Å². The smallest absolute Gasteiger partial charge is 0.237 e. The van der Waals surface area contributed by atoms with E-state index in [1.807, 2.05) is 37.5 Å². The highest BCUT2D eigenvalue weighted by Crippen LogP contribution is 2.24. The van der Waals surface area contributed by atoms with Crippen LogP contribution in [0.1, 0.15) is 22.9 Å². The molecule has 0 spiro atoms. The van der Waals surface area contributed by atoms with Gasteiger partial charge in [-0.05, 0) is 50.3 Å². The topological polar surface area (TPSA) is 59.8 Å². The summed E-state index contributed by atoms with van der Waals surface area (Å²) in [5.74, 6) is -0.0326. The average molecular weight is 387 g/mol. The van der Waals surface area contributed by atoms with Gasteiger partial charge in [0, 0.05) is 17.1 Å². The Morgan fingerprint density at radius 3 is 2.92 bits per heavy atom. The van der Waals surface area contributed by atoms with Crippen LogP contribution in [-0.4, -0.2) is 25.9 Å². The van der Waals surface area contributed by atoms with Gasteiger partial charge in [-0.15, -0.1) is 21.5 Å². The zero-order valence-electron chi connectivity index (χ0n) is 15.1. The Labute approximate surface area is 161 Å². The van der Waals surface area contributed by atoms with E-state index in [4.69, 9.17) is 0 Å². The van der Waals surface area contributed by atoms with Crippen LogP contribution >= 0.6 is 23.1 Å². The zero-order chi connectivity index (χ0) is 18.5. The standard InChI is InChI=1S/C19H22N4OS2/c1-13-6-7-17(14(2)11-13)21-18(24)15(3)26-19-22-20-12-23(19)9-8-16-5-4-10-25-16/h4-7,10-12,15H,8-9H2,1-3H3,(H,21,24). The van der Waals surface area contributed by atoms with Crippen LogP contribution in [0.3, 0.4) is 0 Å². The van der Waals surface area contributed by atoms with Crippen LogP contribution in [0.4, 0.5) is 5.69 Å². The van der Waals surface area contributed by atoms with Crippen LogP contribution in [0.15, 0.2) is 47.2 Å². The number of benzene rings is 1. The van der Waals surface area contributed by atoms with Crippen molar-refractivity contribution in [3.8, 4) is 0 Å². The summed E-state index contributed by atoms with van der Waals surface area (Å²) in [5.41, 5.74) is 3.10. The molecule has 0 aliphatic rings. The fourth-order valence-electron chi connectivity index (χ4n) is 2.57. The minimum Gasteiger partial charge on any atom is -0.325 e. The van der Waals surface area contributed by atoms with E-state index >= 15 is 0 Å². The zero-order valence-corrected chi connectivity index (χ0v) is 16.7. The van der Waals surface area contributed by atoms with Gasteiger partial charge in [0.2, 0.25) is 5.91 Å². The normalized spacial score (nSPS) is 12.1. The molecule has 0 fully saturated rings. The second kappa shape index (κ2) is 8.51. The number of aromatic nitrogens is 3. The maximum Gasteiger partial charge on any atom is 0.237 e.